The largest absolute Gasteiger partial charge is 0.317 e. The minimum Gasteiger partial charge on any atom is -0.317 e. The molecule has 0 aliphatic rings. The minimum absolute atomic E-state index is 0.0217. The average Bonchev–Trinajstić information content (AvgIpc) is 2.47. The van der Waals surface area contributed by atoms with Crippen LogP contribution in [0.5, 0.6) is 0 Å². The van der Waals surface area contributed by atoms with E-state index in [2.05, 4.69) is 23.9 Å². The van der Waals surface area contributed by atoms with Crippen molar-refractivity contribution in [3.63, 3.8) is 0 Å². The summed E-state index contributed by atoms with van der Waals surface area (Å²) in [5, 5.41) is 3.26. The number of hydrogen-bond acceptors (Lipinski definition) is 3. The molecule has 21 heavy (non-hydrogen) atoms. The van der Waals surface area contributed by atoms with Crippen LogP contribution in [0.1, 0.15) is 45.6 Å². The van der Waals surface area contributed by atoms with Gasteiger partial charge in [-0.1, -0.05) is 39.3 Å². The Balaban J connectivity index is 2.70. The fourth-order valence-electron chi connectivity index (χ4n) is 2.23. The van der Waals surface area contributed by atoms with Gasteiger partial charge in [-0.15, -0.1) is 0 Å². The summed E-state index contributed by atoms with van der Waals surface area (Å²) in [6.45, 7) is 8.01. The molecular formula is C16H28N2O2S. The zero-order valence-electron chi connectivity index (χ0n) is 13.4. The van der Waals surface area contributed by atoms with Gasteiger partial charge in [-0.3, -0.25) is 0 Å². The van der Waals surface area contributed by atoms with Crippen LogP contribution in [0.15, 0.2) is 29.2 Å². The van der Waals surface area contributed by atoms with Gasteiger partial charge in [-0.05, 0) is 50.0 Å². The Morgan fingerprint density at radius 2 is 1.76 bits per heavy atom. The van der Waals surface area contributed by atoms with Crippen LogP contribution in [0.4, 0.5) is 0 Å². The molecule has 0 aliphatic heterocycles. The van der Waals surface area contributed by atoms with Crippen LogP contribution in [0.2, 0.25) is 0 Å². The van der Waals surface area contributed by atoms with Crippen molar-refractivity contribution in [1.82, 2.24) is 10.0 Å². The van der Waals surface area contributed by atoms with E-state index in [9.17, 15) is 8.42 Å². The third-order valence-electron chi connectivity index (χ3n) is 3.53. The maximum Gasteiger partial charge on any atom is 0.240 e. The first-order valence-corrected chi connectivity index (χ1v) is 9.33. The number of nitrogens with one attached hydrogen (secondary N) is 2. The van der Waals surface area contributed by atoms with Crippen molar-refractivity contribution < 1.29 is 8.42 Å². The standard InChI is InChI=1S/C16H28N2O2S/c1-4-7-15(5-2)18-21(19,20)16-10-8-14(9-11-16)12-13-17-6-3/h8-11,15,17-18H,4-7,12-13H2,1-3H3. The monoisotopic (exact) mass is 312 g/mol. The van der Waals surface area contributed by atoms with Crippen LogP contribution in [0.25, 0.3) is 0 Å². The number of rotatable bonds is 10. The smallest absolute Gasteiger partial charge is 0.240 e. The van der Waals surface area contributed by atoms with Gasteiger partial charge < -0.3 is 5.32 Å². The van der Waals surface area contributed by atoms with Crippen molar-refractivity contribution in [2.24, 2.45) is 0 Å². The van der Waals surface area contributed by atoms with E-state index in [1.807, 2.05) is 19.1 Å². The fourth-order valence-corrected chi connectivity index (χ4v) is 3.58. The normalized spacial score (nSPS) is 13.3. The highest BCUT2D eigenvalue weighted by molar-refractivity contribution is 7.89. The molecule has 0 saturated carbocycles. The molecular weight excluding hydrogens is 284 g/mol. The predicted molar refractivity (Wildman–Crippen MR) is 88.0 cm³/mol. The Kier molecular flexibility index (Phi) is 7.93. The van der Waals surface area contributed by atoms with Gasteiger partial charge in [0.15, 0.2) is 0 Å². The summed E-state index contributed by atoms with van der Waals surface area (Å²) in [4.78, 5) is 0.351. The molecule has 1 unspecified atom stereocenters. The number of benzene rings is 1. The summed E-state index contributed by atoms with van der Waals surface area (Å²) < 4.78 is 27.4. The first-order valence-electron chi connectivity index (χ1n) is 7.85. The minimum atomic E-state index is -3.40. The van der Waals surface area contributed by atoms with Gasteiger partial charge in [0, 0.05) is 6.04 Å². The maximum atomic E-state index is 12.3. The molecule has 1 aromatic carbocycles. The molecule has 0 spiro atoms. The second-order valence-corrected chi connectivity index (χ2v) is 6.98. The molecule has 0 aliphatic carbocycles. The third-order valence-corrected chi connectivity index (χ3v) is 5.06. The van der Waals surface area contributed by atoms with E-state index >= 15 is 0 Å². The number of sulfonamides is 1. The molecule has 4 nitrogen and oxygen atoms in total. The quantitative estimate of drug-likeness (QED) is 0.653. The molecule has 1 aromatic rings. The zero-order chi connectivity index (χ0) is 15.7. The topological polar surface area (TPSA) is 58.2 Å². The Morgan fingerprint density at radius 3 is 2.29 bits per heavy atom. The van der Waals surface area contributed by atoms with Crippen molar-refractivity contribution in [2.75, 3.05) is 13.1 Å². The molecule has 0 aromatic heterocycles. The average molecular weight is 312 g/mol. The molecule has 5 heteroatoms. The van der Waals surface area contributed by atoms with Crippen molar-refractivity contribution in [2.45, 2.75) is 57.4 Å². The summed E-state index contributed by atoms with van der Waals surface area (Å²) >= 11 is 0. The Labute approximate surface area is 129 Å². The molecule has 0 fully saturated rings. The van der Waals surface area contributed by atoms with E-state index in [1.165, 1.54) is 0 Å². The molecule has 0 amide bonds. The maximum absolute atomic E-state index is 12.3. The zero-order valence-corrected chi connectivity index (χ0v) is 14.2. The van der Waals surface area contributed by atoms with Gasteiger partial charge >= 0.3 is 0 Å². The van der Waals surface area contributed by atoms with Crippen LogP contribution in [-0.2, 0) is 16.4 Å². The lowest BCUT2D eigenvalue weighted by atomic mass is 10.1. The van der Waals surface area contributed by atoms with Crippen molar-refractivity contribution >= 4 is 10.0 Å². The van der Waals surface area contributed by atoms with Crippen LogP contribution in [0.3, 0.4) is 0 Å². The van der Waals surface area contributed by atoms with Gasteiger partial charge in [0.25, 0.3) is 0 Å². The van der Waals surface area contributed by atoms with Gasteiger partial charge in [0.2, 0.25) is 10.0 Å². The Hall–Kier alpha value is -0.910. The van der Waals surface area contributed by atoms with Crippen molar-refractivity contribution in [3.8, 4) is 0 Å². The summed E-state index contributed by atoms with van der Waals surface area (Å²) in [7, 11) is -3.40. The van der Waals surface area contributed by atoms with Crippen LogP contribution < -0.4 is 10.0 Å². The lowest BCUT2D eigenvalue weighted by molar-refractivity contribution is 0.512. The number of likely N-dealkylation sites (N-methyl/N-ethyl adjacent to an activating group) is 1. The molecule has 0 saturated heterocycles. The van der Waals surface area contributed by atoms with Gasteiger partial charge in [-0.25, -0.2) is 13.1 Å². The van der Waals surface area contributed by atoms with Gasteiger partial charge in [-0.2, -0.15) is 0 Å². The SMILES string of the molecule is CCCC(CC)NS(=O)(=O)c1ccc(CCNCC)cc1. The highest BCUT2D eigenvalue weighted by atomic mass is 32.2. The van der Waals surface area contributed by atoms with E-state index in [0.717, 1.165) is 44.3 Å². The summed E-state index contributed by atoms with van der Waals surface area (Å²) in [5.41, 5.74) is 1.15. The number of hydrogen-bond donors (Lipinski definition) is 2. The molecule has 2 N–H and O–H groups in total. The van der Waals surface area contributed by atoms with Crippen LogP contribution in [0, 0.1) is 0 Å². The van der Waals surface area contributed by atoms with Gasteiger partial charge in [0.05, 0.1) is 4.90 Å². The van der Waals surface area contributed by atoms with Crippen LogP contribution in [-0.4, -0.2) is 27.5 Å². The van der Waals surface area contributed by atoms with Crippen molar-refractivity contribution in [3.05, 3.63) is 29.8 Å². The molecule has 1 atom stereocenters. The highest BCUT2D eigenvalue weighted by Crippen LogP contribution is 2.13. The second-order valence-electron chi connectivity index (χ2n) is 5.26. The van der Waals surface area contributed by atoms with E-state index in [4.69, 9.17) is 0 Å². The van der Waals surface area contributed by atoms with E-state index in [0.29, 0.717) is 4.90 Å². The third kappa shape index (κ3) is 6.16. The summed E-state index contributed by atoms with van der Waals surface area (Å²) in [6.07, 6.45) is 3.57. The predicted octanol–water partition coefficient (Wildman–Crippen LogP) is 2.70. The second kappa shape index (κ2) is 9.18. The van der Waals surface area contributed by atoms with Gasteiger partial charge in [0.1, 0.15) is 0 Å². The molecule has 0 bridgehead atoms. The van der Waals surface area contributed by atoms with E-state index in [1.54, 1.807) is 12.1 Å². The lowest BCUT2D eigenvalue weighted by Gasteiger charge is -2.16. The lowest BCUT2D eigenvalue weighted by Crippen LogP contribution is -2.34. The molecule has 0 heterocycles. The Morgan fingerprint density at radius 1 is 1.10 bits per heavy atom. The molecule has 120 valence electrons. The molecule has 1 rings (SSSR count). The van der Waals surface area contributed by atoms with Crippen molar-refractivity contribution in [1.29, 1.82) is 0 Å². The first-order chi connectivity index (χ1) is 10.0. The van der Waals surface area contributed by atoms with E-state index in [-0.39, 0.29) is 6.04 Å². The Bertz CT molecular complexity index is 498. The molecule has 0 radical (unpaired) electrons. The van der Waals surface area contributed by atoms with E-state index < -0.39 is 10.0 Å². The summed E-state index contributed by atoms with van der Waals surface area (Å²) in [5.74, 6) is 0. The first kappa shape index (κ1) is 18.1. The highest BCUT2D eigenvalue weighted by Gasteiger charge is 2.18. The van der Waals surface area contributed by atoms with Crippen LogP contribution >= 0.6 is 0 Å². The summed E-state index contributed by atoms with van der Waals surface area (Å²) in [6, 6.07) is 7.21. The fraction of sp³-hybridized carbons (Fsp3) is 0.625.